The third kappa shape index (κ3) is 4.47. The molecule has 1 aliphatic heterocycles. The quantitative estimate of drug-likeness (QED) is 0.712. The zero-order valence-corrected chi connectivity index (χ0v) is 16.4. The van der Waals surface area contributed by atoms with E-state index in [2.05, 4.69) is 17.1 Å². The van der Waals surface area contributed by atoms with Gasteiger partial charge in [-0.05, 0) is 37.1 Å². The molecule has 5 nitrogen and oxygen atoms in total. The molecular weight excluding hydrogens is 366 g/mol. The first kappa shape index (κ1) is 18.9. The van der Waals surface area contributed by atoms with Gasteiger partial charge in [0.2, 0.25) is 5.91 Å². The Hall–Kier alpha value is -1.83. The molecule has 1 aromatic carbocycles. The number of primary amides is 1. The number of carbonyl (C=O) groups is 2. The van der Waals surface area contributed by atoms with Crippen LogP contribution >= 0.6 is 23.1 Å². The van der Waals surface area contributed by atoms with Crippen LogP contribution in [0.3, 0.4) is 0 Å². The van der Waals surface area contributed by atoms with Gasteiger partial charge in [0.05, 0.1) is 11.3 Å². The van der Waals surface area contributed by atoms with Crippen molar-refractivity contribution in [2.75, 3.05) is 24.2 Å². The Labute approximate surface area is 162 Å². The molecule has 2 amide bonds. The topological polar surface area (TPSA) is 75.4 Å². The second-order valence-electron chi connectivity index (χ2n) is 6.25. The predicted molar refractivity (Wildman–Crippen MR) is 108 cm³/mol. The Morgan fingerprint density at radius 1 is 1.31 bits per heavy atom. The summed E-state index contributed by atoms with van der Waals surface area (Å²) < 4.78 is 0. The zero-order valence-electron chi connectivity index (χ0n) is 14.8. The zero-order chi connectivity index (χ0) is 18.5. The highest BCUT2D eigenvalue weighted by atomic mass is 32.2. The lowest BCUT2D eigenvalue weighted by molar-refractivity contribution is -0.113. The fourth-order valence-electron chi connectivity index (χ4n) is 3.14. The number of carbonyl (C=O) groups excluding carboxylic acids is 2. The molecular formula is C19H23N3O2S2. The maximum Gasteiger partial charge on any atom is 0.251 e. The lowest BCUT2D eigenvalue weighted by Gasteiger charge is -2.26. The molecule has 0 saturated heterocycles. The average molecular weight is 390 g/mol. The standard InChI is InChI=1S/C19H23N3O2S2/c1-2-9-22-10-8-14-15(11-22)26-19(17(14)18(20)24)21-16(23)12-25-13-6-4-3-5-7-13/h3-7H,2,8-12H2,1H3,(H2,20,24)(H,21,23). The van der Waals surface area contributed by atoms with E-state index in [-0.39, 0.29) is 5.91 Å². The van der Waals surface area contributed by atoms with Crippen LogP contribution in [-0.2, 0) is 17.8 Å². The van der Waals surface area contributed by atoms with Gasteiger partial charge in [-0.1, -0.05) is 25.1 Å². The monoisotopic (exact) mass is 389 g/mol. The first-order chi connectivity index (χ1) is 12.6. The summed E-state index contributed by atoms with van der Waals surface area (Å²) in [6.07, 6.45) is 1.91. The van der Waals surface area contributed by atoms with Crippen LogP contribution in [0.15, 0.2) is 35.2 Å². The number of hydrogen-bond acceptors (Lipinski definition) is 5. The minimum atomic E-state index is -0.461. The van der Waals surface area contributed by atoms with Gasteiger partial charge < -0.3 is 11.1 Å². The van der Waals surface area contributed by atoms with E-state index in [0.717, 1.165) is 47.8 Å². The Morgan fingerprint density at radius 3 is 2.77 bits per heavy atom. The first-order valence-corrected chi connectivity index (χ1v) is 10.5. The van der Waals surface area contributed by atoms with Crippen LogP contribution in [0.25, 0.3) is 0 Å². The minimum absolute atomic E-state index is 0.120. The summed E-state index contributed by atoms with van der Waals surface area (Å²) in [5.74, 6) is -0.282. The van der Waals surface area contributed by atoms with Crippen molar-refractivity contribution in [1.29, 1.82) is 0 Å². The van der Waals surface area contributed by atoms with Crippen molar-refractivity contribution in [1.82, 2.24) is 4.90 Å². The van der Waals surface area contributed by atoms with E-state index in [9.17, 15) is 9.59 Å². The second-order valence-corrected chi connectivity index (χ2v) is 8.40. The van der Waals surface area contributed by atoms with E-state index in [1.807, 2.05) is 30.3 Å². The SMILES string of the molecule is CCCN1CCc2c(sc(NC(=O)CSc3ccccc3)c2C(N)=O)C1. The number of amides is 2. The second kappa shape index (κ2) is 8.70. The van der Waals surface area contributed by atoms with Gasteiger partial charge in [-0.2, -0.15) is 0 Å². The van der Waals surface area contributed by atoms with Gasteiger partial charge in [0.25, 0.3) is 5.91 Å². The maximum absolute atomic E-state index is 12.4. The van der Waals surface area contributed by atoms with Crippen LogP contribution in [0.5, 0.6) is 0 Å². The molecule has 3 rings (SSSR count). The van der Waals surface area contributed by atoms with Gasteiger partial charge in [-0.3, -0.25) is 14.5 Å². The fraction of sp³-hybridized carbons (Fsp3) is 0.368. The normalized spacial score (nSPS) is 14.0. The highest BCUT2D eigenvalue weighted by molar-refractivity contribution is 8.00. The van der Waals surface area contributed by atoms with Gasteiger partial charge in [-0.25, -0.2) is 0 Å². The number of thioether (sulfide) groups is 1. The number of nitrogens with one attached hydrogen (secondary N) is 1. The molecule has 0 aliphatic carbocycles. The van der Waals surface area contributed by atoms with Crippen LogP contribution in [-0.4, -0.2) is 35.6 Å². The molecule has 2 aromatic rings. The van der Waals surface area contributed by atoms with Crippen LogP contribution < -0.4 is 11.1 Å². The van der Waals surface area contributed by atoms with Crippen molar-refractivity contribution < 1.29 is 9.59 Å². The molecule has 3 N–H and O–H groups in total. The number of thiophene rings is 1. The molecule has 0 bridgehead atoms. The Balaban J connectivity index is 1.71. The molecule has 0 unspecified atom stereocenters. The van der Waals surface area contributed by atoms with Crippen molar-refractivity contribution in [3.8, 4) is 0 Å². The highest BCUT2D eigenvalue weighted by Crippen LogP contribution is 2.37. The summed E-state index contributed by atoms with van der Waals surface area (Å²) in [5, 5.41) is 3.50. The van der Waals surface area contributed by atoms with Gasteiger partial charge in [-0.15, -0.1) is 23.1 Å². The summed E-state index contributed by atoms with van der Waals surface area (Å²) in [5.41, 5.74) is 7.13. The van der Waals surface area contributed by atoms with Gasteiger partial charge >= 0.3 is 0 Å². The van der Waals surface area contributed by atoms with Crippen molar-refractivity contribution in [3.63, 3.8) is 0 Å². The molecule has 0 fully saturated rings. The molecule has 7 heteroatoms. The molecule has 0 spiro atoms. The van der Waals surface area contributed by atoms with Crippen molar-refractivity contribution in [2.24, 2.45) is 5.73 Å². The van der Waals surface area contributed by atoms with Crippen molar-refractivity contribution in [2.45, 2.75) is 31.2 Å². The Kier molecular flexibility index (Phi) is 6.34. The Bertz CT molecular complexity index is 790. The maximum atomic E-state index is 12.4. The van der Waals surface area contributed by atoms with E-state index in [4.69, 9.17) is 5.73 Å². The molecule has 26 heavy (non-hydrogen) atoms. The Morgan fingerprint density at radius 2 is 2.08 bits per heavy atom. The lowest BCUT2D eigenvalue weighted by atomic mass is 10.0. The molecule has 0 radical (unpaired) electrons. The van der Waals surface area contributed by atoms with E-state index < -0.39 is 5.91 Å². The smallest absolute Gasteiger partial charge is 0.251 e. The number of hydrogen-bond donors (Lipinski definition) is 2. The van der Waals surface area contributed by atoms with Gasteiger partial charge in [0, 0.05) is 22.9 Å². The summed E-state index contributed by atoms with van der Waals surface area (Å²) in [7, 11) is 0. The van der Waals surface area contributed by atoms with Gasteiger partial charge in [0.15, 0.2) is 0 Å². The third-order valence-corrected chi connectivity index (χ3v) is 6.43. The summed E-state index contributed by atoms with van der Waals surface area (Å²) in [4.78, 5) is 28.9. The lowest BCUT2D eigenvalue weighted by Crippen LogP contribution is -2.31. The fourth-order valence-corrected chi connectivity index (χ4v) is 5.17. The van der Waals surface area contributed by atoms with E-state index >= 15 is 0 Å². The molecule has 0 saturated carbocycles. The van der Waals surface area contributed by atoms with E-state index in [0.29, 0.717) is 16.3 Å². The van der Waals surface area contributed by atoms with Crippen molar-refractivity contribution >= 4 is 39.9 Å². The van der Waals surface area contributed by atoms with E-state index in [1.54, 1.807) is 0 Å². The number of anilines is 1. The van der Waals surface area contributed by atoms with Gasteiger partial charge in [0.1, 0.15) is 5.00 Å². The number of benzene rings is 1. The molecule has 138 valence electrons. The molecule has 2 heterocycles. The summed E-state index contributed by atoms with van der Waals surface area (Å²) in [6, 6.07) is 9.78. The summed E-state index contributed by atoms with van der Waals surface area (Å²) >= 11 is 2.96. The third-order valence-electron chi connectivity index (χ3n) is 4.29. The number of rotatable bonds is 7. The highest BCUT2D eigenvalue weighted by Gasteiger charge is 2.27. The first-order valence-electron chi connectivity index (χ1n) is 8.73. The number of nitrogens with two attached hydrogens (primary N) is 1. The minimum Gasteiger partial charge on any atom is -0.365 e. The number of nitrogens with zero attached hydrogens (tertiary/aromatic N) is 1. The van der Waals surface area contributed by atoms with E-state index in [1.165, 1.54) is 23.1 Å². The van der Waals surface area contributed by atoms with Crippen LogP contribution in [0, 0.1) is 0 Å². The van der Waals surface area contributed by atoms with Crippen LogP contribution in [0.4, 0.5) is 5.00 Å². The van der Waals surface area contributed by atoms with Crippen LogP contribution in [0.2, 0.25) is 0 Å². The van der Waals surface area contributed by atoms with Crippen LogP contribution in [0.1, 0.15) is 34.1 Å². The molecule has 1 aromatic heterocycles. The summed E-state index contributed by atoms with van der Waals surface area (Å²) in [6.45, 7) is 4.95. The number of fused-ring (bicyclic) bond motifs is 1. The average Bonchev–Trinajstić information content (AvgIpc) is 2.98. The molecule has 1 aliphatic rings. The largest absolute Gasteiger partial charge is 0.365 e. The molecule has 0 atom stereocenters. The predicted octanol–water partition coefficient (Wildman–Crippen LogP) is 3.35. The van der Waals surface area contributed by atoms with Crippen molar-refractivity contribution in [3.05, 3.63) is 46.3 Å².